The molecular formula is C12H19ClN2. The van der Waals surface area contributed by atoms with E-state index in [1.807, 2.05) is 0 Å². The van der Waals surface area contributed by atoms with Crippen molar-refractivity contribution in [2.45, 2.75) is 32.7 Å². The second-order valence-corrected chi connectivity index (χ2v) is 4.08. The molecule has 0 amide bonds. The molecule has 1 rings (SSSR count). The van der Waals surface area contributed by atoms with Gasteiger partial charge in [-0.15, -0.1) is 0 Å². The van der Waals surface area contributed by atoms with Crippen molar-refractivity contribution in [2.75, 3.05) is 6.54 Å². The first kappa shape index (κ1) is 12.5. The lowest BCUT2D eigenvalue weighted by Gasteiger charge is -2.14. The van der Waals surface area contributed by atoms with Crippen molar-refractivity contribution in [3.63, 3.8) is 0 Å². The second-order valence-electron chi connectivity index (χ2n) is 3.70. The first-order valence-corrected chi connectivity index (χ1v) is 5.78. The van der Waals surface area contributed by atoms with Crippen molar-refractivity contribution in [3.05, 3.63) is 33.8 Å². The maximum absolute atomic E-state index is 6.26. The van der Waals surface area contributed by atoms with E-state index in [4.69, 9.17) is 23.1 Å². The molecule has 4 N–H and O–H groups in total. The number of nitrogens with two attached hydrogens (primary N) is 2. The van der Waals surface area contributed by atoms with Gasteiger partial charge < -0.3 is 11.5 Å². The zero-order valence-electron chi connectivity index (χ0n) is 9.39. The van der Waals surface area contributed by atoms with Gasteiger partial charge in [0, 0.05) is 17.6 Å². The first-order chi connectivity index (χ1) is 7.13. The summed E-state index contributed by atoms with van der Waals surface area (Å²) in [4.78, 5) is 0. The summed E-state index contributed by atoms with van der Waals surface area (Å²) in [5.41, 5.74) is 14.9. The molecule has 1 aromatic carbocycles. The van der Waals surface area contributed by atoms with Gasteiger partial charge in [0.05, 0.1) is 0 Å². The Bertz CT molecular complexity index is 311. The maximum Gasteiger partial charge on any atom is 0.0469 e. The predicted octanol–water partition coefficient (Wildman–Crippen LogP) is 2.42. The van der Waals surface area contributed by atoms with Crippen LogP contribution in [0.5, 0.6) is 0 Å². The highest BCUT2D eigenvalue weighted by Crippen LogP contribution is 2.26. The van der Waals surface area contributed by atoms with Gasteiger partial charge in [0.1, 0.15) is 0 Å². The SMILES string of the molecule is CCc1cc([C@H](N)CN)cc(CC)c1Cl. The van der Waals surface area contributed by atoms with Crippen LogP contribution in [0, 0.1) is 0 Å². The lowest BCUT2D eigenvalue weighted by molar-refractivity contribution is 0.734. The highest BCUT2D eigenvalue weighted by molar-refractivity contribution is 6.32. The van der Waals surface area contributed by atoms with E-state index in [1.54, 1.807) is 0 Å². The molecule has 1 atom stereocenters. The van der Waals surface area contributed by atoms with Gasteiger partial charge in [0.25, 0.3) is 0 Å². The Kier molecular flexibility index (Phi) is 4.58. The summed E-state index contributed by atoms with van der Waals surface area (Å²) in [5.74, 6) is 0. The highest BCUT2D eigenvalue weighted by Gasteiger charge is 2.10. The minimum Gasteiger partial charge on any atom is -0.329 e. The normalized spacial score (nSPS) is 12.9. The minimum absolute atomic E-state index is 0.0853. The summed E-state index contributed by atoms with van der Waals surface area (Å²) in [5, 5.41) is 0.882. The Morgan fingerprint density at radius 1 is 1.20 bits per heavy atom. The molecule has 0 aromatic heterocycles. The van der Waals surface area contributed by atoms with Crippen LogP contribution < -0.4 is 11.5 Å². The van der Waals surface area contributed by atoms with E-state index >= 15 is 0 Å². The van der Waals surface area contributed by atoms with E-state index < -0.39 is 0 Å². The fourth-order valence-corrected chi connectivity index (χ4v) is 2.02. The van der Waals surface area contributed by atoms with Crippen LogP contribution in [-0.4, -0.2) is 6.54 Å². The van der Waals surface area contributed by atoms with Crippen LogP contribution in [0.4, 0.5) is 0 Å². The Morgan fingerprint density at radius 3 is 2.00 bits per heavy atom. The van der Waals surface area contributed by atoms with Crippen LogP contribution in [-0.2, 0) is 12.8 Å². The highest BCUT2D eigenvalue weighted by atomic mass is 35.5. The van der Waals surface area contributed by atoms with Gasteiger partial charge in [-0.3, -0.25) is 0 Å². The van der Waals surface area contributed by atoms with Crippen LogP contribution in [0.1, 0.15) is 36.6 Å². The van der Waals surface area contributed by atoms with Gasteiger partial charge in [-0.1, -0.05) is 37.6 Å². The van der Waals surface area contributed by atoms with Crippen molar-refractivity contribution >= 4 is 11.6 Å². The van der Waals surface area contributed by atoms with Crippen molar-refractivity contribution in [1.82, 2.24) is 0 Å². The van der Waals surface area contributed by atoms with Gasteiger partial charge in [0.2, 0.25) is 0 Å². The largest absolute Gasteiger partial charge is 0.329 e. The molecule has 0 saturated carbocycles. The van der Waals surface area contributed by atoms with E-state index in [-0.39, 0.29) is 6.04 Å². The molecule has 0 aliphatic carbocycles. The molecule has 0 spiro atoms. The average molecular weight is 227 g/mol. The lowest BCUT2D eigenvalue weighted by atomic mass is 9.98. The van der Waals surface area contributed by atoms with Gasteiger partial charge in [-0.25, -0.2) is 0 Å². The van der Waals surface area contributed by atoms with E-state index in [9.17, 15) is 0 Å². The maximum atomic E-state index is 6.26. The number of benzene rings is 1. The van der Waals surface area contributed by atoms with Gasteiger partial charge in [-0.2, -0.15) is 0 Å². The third kappa shape index (κ3) is 2.71. The second kappa shape index (κ2) is 5.50. The molecule has 0 heterocycles. The molecule has 2 nitrogen and oxygen atoms in total. The molecule has 0 aliphatic rings. The molecule has 0 unspecified atom stereocenters. The third-order valence-electron chi connectivity index (χ3n) is 2.69. The minimum atomic E-state index is -0.0853. The molecule has 0 aliphatic heterocycles. The summed E-state index contributed by atoms with van der Waals surface area (Å²) in [7, 11) is 0. The zero-order chi connectivity index (χ0) is 11.4. The molecule has 0 radical (unpaired) electrons. The molecule has 15 heavy (non-hydrogen) atoms. The van der Waals surface area contributed by atoms with E-state index in [0.29, 0.717) is 6.54 Å². The van der Waals surface area contributed by atoms with E-state index in [1.165, 1.54) is 0 Å². The number of aryl methyl sites for hydroxylation is 2. The van der Waals surface area contributed by atoms with Crippen LogP contribution in [0.25, 0.3) is 0 Å². The summed E-state index contributed by atoms with van der Waals surface area (Å²) < 4.78 is 0. The van der Waals surface area contributed by atoms with Crippen molar-refractivity contribution in [2.24, 2.45) is 11.5 Å². The molecule has 0 saturated heterocycles. The number of rotatable bonds is 4. The number of hydrogen-bond acceptors (Lipinski definition) is 2. The summed E-state index contributed by atoms with van der Waals surface area (Å²) in [6.45, 7) is 4.66. The summed E-state index contributed by atoms with van der Waals surface area (Å²) in [6.07, 6.45) is 1.86. The van der Waals surface area contributed by atoms with Crippen molar-refractivity contribution in [3.8, 4) is 0 Å². The predicted molar refractivity (Wildman–Crippen MR) is 66.2 cm³/mol. The molecule has 84 valence electrons. The van der Waals surface area contributed by atoms with Crippen LogP contribution in [0.2, 0.25) is 5.02 Å². The molecule has 0 fully saturated rings. The van der Waals surface area contributed by atoms with Crippen molar-refractivity contribution in [1.29, 1.82) is 0 Å². The van der Waals surface area contributed by atoms with Crippen LogP contribution in [0.15, 0.2) is 12.1 Å². The summed E-state index contributed by atoms with van der Waals surface area (Å²) in [6, 6.07) is 4.05. The van der Waals surface area contributed by atoms with Gasteiger partial charge in [0.15, 0.2) is 0 Å². The Hall–Kier alpha value is -0.570. The topological polar surface area (TPSA) is 52.0 Å². The fourth-order valence-electron chi connectivity index (χ4n) is 1.64. The Labute approximate surface area is 96.6 Å². The van der Waals surface area contributed by atoms with Crippen LogP contribution >= 0.6 is 11.6 Å². The van der Waals surface area contributed by atoms with Gasteiger partial charge in [-0.05, 0) is 29.5 Å². The first-order valence-electron chi connectivity index (χ1n) is 5.40. The molecular weight excluding hydrogens is 208 g/mol. The Balaban J connectivity index is 3.20. The Morgan fingerprint density at radius 2 is 1.67 bits per heavy atom. The van der Waals surface area contributed by atoms with Crippen molar-refractivity contribution < 1.29 is 0 Å². The average Bonchev–Trinajstić information content (AvgIpc) is 2.28. The van der Waals surface area contributed by atoms with E-state index in [2.05, 4.69) is 26.0 Å². The lowest BCUT2D eigenvalue weighted by Crippen LogP contribution is -2.21. The third-order valence-corrected chi connectivity index (χ3v) is 3.18. The standard InChI is InChI=1S/C12H19ClN2/c1-3-8-5-10(11(15)7-14)6-9(4-2)12(8)13/h5-6,11H,3-4,7,14-15H2,1-2H3/t11-/m1/s1. The van der Waals surface area contributed by atoms with Gasteiger partial charge >= 0.3 is 0 Å². The number of hydrogen-bond donors (Lipinski definition) is 2. The monoisotopic (exact) mass is 226 g/mol. The van der Waals surface area contributed by atoms with Crippen LogP contribution in [0.3, 0.4) is 0 Å². The molecule has 0 bridgehead atoms. The molecule has 3 heteroatoms. The van der Waals surface area contributed by atoms with E-state index in [0.717, 1.165) is 34.6 Å². The smallest absolute Gasteiger partial charge is 0.0469 e. The zero-order valence-corrected chi connectivity index (χ0v) is 10.1. The summed E-state index contributed by atoms with van der Waals surface area (Å²) >= 11 is 6.26. The number of halogens is 1. The quantitative estimate of drug-likeness (QED) is 0.829. The molecule has 1 aromatic rings. The fraction of sp³-hybridized carbons (Fsp3) is 0.500.